The van der Waals surface area contributed by atoms with Crippen molar-refractivity contribution in [2.24, 2.45) is 5.10 Å². The van der Waals surface area contributed by atoms with E-state index in [9.17, 15) is 15.0 Å². The lowest BCUT2D eigenvalue weighted by Crippen LogP contribution is -2.18. The molecule has 120 valence electrons. The van der Waals surface area contributed by atoms with Crippen LogP contribution in [-0.2, 0) is 0 Å². The van der Waals surface area contributed by atoms with Crippen molar-refractivity contribution in [2.75, 3.05) is 0 Å². The number of hydrogen-bond donors (Lipinski definition) is 3. The molecule has 0 saturated heterocycles. The number of phenols is 2. The summed E-state index contributed by atoms with van der Waals surface area (Å²) >= 11 is 9.73. The largest absolute Gasteiger partial charge is 0.507 e. The van der Waals surface area contributed by atoms with E-state index in [0.29, 0.717) is 20.1 Å². The van der Waals surface area contributed by atoms with Gasteiger partial charge in [-0.25, -0.2) is 5.43 Å². The van der Waals surface area contributed by atoms with Gasteiger partial charge in [-0.15, -0.1) is 0 Å². The topological polar surface area (TPSA) is 81.9 Å². The molecule has 0 atom stereocenters. The predicted octanol–water partition coefficient (Wildman–Crippen LogP) is 4.46. The maximum atomic E-state index is 12.1. The van der Waals surface area contributed by atoms with Gasteiger partial charge in [-0.1, -0.05) is 31.9 Å². The molecule has 2 rings (SSSR count). The van der Waals surface area contributed by atoms with Gasteiger partial charge in [0.15, 0.2) is 0 Å². The lowest BCUT2D eigenvalue weighted by atomic mass is 10.1. The van der Waals surface area contributed by atoms with Gasteiger partial charge in [-0.3, -0.25) is 4.79 Å². The minimum absolute atomic E-state index is 0.0676. The molecule has 0 radical (unpaired) electrons. The number of halogens is 3. The average molecular weight is 507 g/mol. The Bertz CT molecular complexity index is 807. The number of nitrogens with zero attached hydrogens (tertiary/aromatic N) is 1. The van der Waals surface area contributed by atoms with Crippen LogP contribution in [0.25, 0.3) is 0 Å². The van der Waals surface area contributed by atoms with Gasteiger partial charge in [0, 0.05) is 14.5 Å². The highest BCUT2D eigenvalue weighted by atomic mass is 79.9. The molecule has 0 saturated carbocycles. The molecule has 2 aromatic carbocycles. The van der Waals surface area contributed by atoms with Gasteiger partial charge in [-0.05, 0) is 52.7 Å². The Balaban J connectivity index is 2.20. The van der Waals surface area contributed by atoms with Crippen molar-refractivity contribution in [1.82, 2.24) is 5.43 Å². The van der Waals surface area contributed by atoms with Crippen LogP contribution in [0.15, 0.2) is 42.8 Å². The highest BCUT2D eigenvalue weighted by Gasteiger charge is 2.14. The summed E-state index contributed by atoms with van der Waals surface area (Å²) in [5, 5.41) is 23.7. The van der Waals surface area contributed by atoms with Crippen molar-refractivity contribution < 1.29 is 15.0 Å². The van der Waals surface area contributed by atoms with E-state index < -0.39 is 5.91 Å². The van der Waals surface area contributed by atoms with Gasteiger partial charge in [-0.2, -0.15) is 5.10 Å². The van der Waals surface area contributed by atoms with E-state index in [1.807, 2.05) is 0 Å². The monoisotopic (exact) mass is 504 g/mol. The van der Waals surface area contributed by atoms with E-state index in [-0.39, 0.29) is 17.1 Å². The summed E-state index contributed by atoms with van der Waals surface area (Å²) in [6.45, 7) is 1.76. The number of hydrogen-bond acceptors (Lipinski definition) is 4. The second-order valence-corrected chi connectivity index (χ2v) is 7.33. The minimum atomic E-state index is -0.577. The van der Waals surface area contributed by atoms with Crippen LogP contribution in [-0.4, -0.2) is 22.3 Å². The normalized spacial score (nSPS) is 11.0. The summed E-state index contributed by atoms with van der Waals surface area (Å²) in [7, 11) is 0. The molecule has 0 spiro atoms. The van der Waals surface area contributed by atoms with Crippen molar-refractivity contribution in [3.8, 4) is 11.5 Å². The van der Waals surface area contributed by atoms with E-state index in [4.69, 9.17) is 0 Å². The molecule has 8 heteroatoms. The van der Waals surface area contributed by atoms with E-state index in [1.165, 1.54) is 12.3 Å². The molecule has 3 N–H and O–H groups in total. The first-order valence-corrected chi connectivity index (χ1v) is 8.68. The standard InChI is InChI=1S/C15H11Br3N2O3/c1-7-2-9(16)3-8(13(7)21)6-19-20-15(23)11-4-10(17)5-12(18)14(11)22/h2-6,21-22H,1H3,(H,20,23)/b19-6+. The summed E-state index contributed by atoms with van der Waals surface area (Å²) in [5.41, 5.74) is 3.52. The molecular formula is C15H11Br3N2O3. The molecule has 2 aromatic rings. The zero-order valence-corrected chi connectivity index (χ0v) is 16.5. The molecule has 1 amide bonds. The van der Waals surface area contributed by atoms with E-state index in [1.54, 1.807) is 25.1 Å². The fourth-order valence-corrected chi connectivity index (χ4v) is 3.63. The number of hydrazone groups is 1. The number of phenolic OH excluding ortho intramolecular Hbond substituents is 2. The fraction of sp³-hybridized carbons (Fsp3) is 0.0667. The van der Waals surface area contributed by atoms with Gasteiger partial charge >= 0.3 is 0 Å². The Hall–Kier alpha value is -1.38. The Kier molecular flexibility index (Phi) is 5.83. The van der Waals surface area contributed by atoms with Gasteiger partial charge < -0.3 is 10.2 Å². The van der Waals surface area contributed by atoms with Gasteiger partial charge in [0.2, 0.25) is 0 Å². The summed E-state index contributed by atoms with van der Waals surface area (Å²) in [6.07, 6.45) is 1.33. The average Bonchev–Trinajstić information content (AvgIpc) is 2.47. The highest BCUT2D eigenvalue weighted by molar-refractivity contribution is 9.11. The zero-order chi connectivity index (χ0) is 17.1. The molecule has 0 aromatic heterocycles. The summed E-state index contributed by atoms with van der Waals surface area (Å²) in [4.78, 5) is 12.1. The Morgan fingerprint density at radius 3 is 2.43 bits per heavy atom. The summed E-state index contributed by atoms with van der Waals surface area (Å²) < 4.78 is 1.81. The molecule has 0 aliphatic rings. The number of amides is 1. The van der Waals surface area contributed by atoms with Crippen LogP contribution in [0, 0.1) is 6.92 Å². The number of aryl methyl sites for hydroxylation is 1. The third kappa shape index (κ3) is 4.33. The minimum Gasteiger partial charge on any atom is -0.507 e. The Labute approximate surface area is 157 Å². The van der Waals surface area contributed by atoms with Gasteiger partial charge in [0.05, 0.1) is 16.3 Å². The van der Waals surface area contributed by atoms with Crippen molar-refractivity contribution in [2.45, 2.75) is 6.92 Å². The van der Waals surface area contributed by atoms with Gasteiger partial charge in [0.25, 0.3) is 5.91 Å². The third-order valence-electron chi connectivity index (χ3n) is 2.94. The number of carbonyl (C=O) groups is 1. The number of aromatic hydroxyl groups is 2. The fourth-order valence-electron chi connectivity index (χ4n) is 1.82. The first-order valence-electron chi connectivity index (χ1n) is 6.30. The summed E-state index contributed by atoms with van der Waals surface area (Å²) in [6, 6.07) is 6.54. The first kappa shape index (κ1) is 18.0. The molecule has 0 heterocycles. The number of carbonyl (C=O) groups excluding carboxylic acids is 1. The van der Waals surface area contributed by atoms with E-state index in [2.05, 4.69) is 58.3 Å². The van der Waals surface area contributed by atoms with Crippen LogP contribution >= 0.6 is 47.8 Å². The smallest absolute Gasteiger partial charge is 0.275 e. The Morgan fingerprint density at radius 1 is 1.09 bits per heavy atom. The molecule has 23 heavy (non-hydrogen) atoms. The maximum absolute atomic E-state index is 12.1. The zero-order valence-electron chi connectivity index (χ0n) is 11.8. The number of nitrogens with one attached hydrogen (secondary N) is 1. The van der Waals surface area contributed by atoms with Crippen LogP contribution in [0.4, 0.5) is 0 Å². The molecule has 0 aliphatic carbocycles. The van der Waals surface area contributed by atoms with Crippen LogP contribution in [0.2, 0.25) is 0 Å². The summed E-state index contributed by atoms with van der Waals surface area (Å²) in [5.74, 6) is -0.673. The first-order chi connectivity index (χ1) is 10.8. The molecule has 5 nitrogen and oxygen atoms in total. The number of benzene rings is 2. The second-order valence-electron chi connectivity index (χ2n) is 4.64. The van der Waals surface area contributed by atoms with Crippen molar-refractivity contribution in [3.63, 3.8) is 0 Å². The molecule has 0 fully saturated rings. The predicted molar refractivity (Wildman–Crippen MR) is 99.1 cm³/mol. The van der Waals surface area contributed by atoms with Crippen LogP contribution in [0.3, 0.4) is 0 Å². The molecule has 0 unspecified atom stereocenters. The van der Waals surface area contributed by atoms with Crippen LogP contribution in [0.5, 0.6) is 11.5 Å². The maximum Gasteiger partial charge on any atom is 0.275 e. The van der Waals surface area contributed by atoms with Crippen LogP contribution < -0.4 is 5.43 Å². The van der Waals surface area contributed by atoms with Crippen molar-refractivity contribution in [1.29, 1.82) is 0 Å². The lowest BCUT2D eigenvalue weighted by Gasteiger charge is -2.06. The SMILES string of the molecule is Cc1cc(Br)cc(/C=N/NC(=O)c2cc(Br)cc(Br)c2O)c1O. The van der Waals surface area contributed by atoms with Crippen molar-refractivity contribution >= 4 is 59.9 Å². The second kappa shape index (κ2) is 7.46. The van der Waals surface area contributed by atoms with Crippen molar-refractivity contribution in [3.05, 3.63) is 54.4 Å². The van der Waals surface area contributed by atoms with Crippen LogP contribution in [0.1, 0.15) is 21.5 Å². The third-order valence-corrected chi connectivity index (χ3v) is 4.46. The highest BCUT2D eigenvalue weighted by Crippen LogP contribution is 2.31. The lowest BCUT2D eigenvalue weighted by molar-refractivity contribution is 0.0952. The molecule has 0 bridgehead atoms. The Morgan fingerprint density at radius 2 is 1.74 bits per heavy atom. The molecule has 0 aliphatic heterocycles. The quantitative estimate of drug-likeness (QED) is 0.425. The van der Waals surface area contributed by atoms with E-state index >= 15 is 0 Å². The van der Waals surface area contributed by atoms with E-state index in [0.717, 1.165) is 4.47 Å². The number of rotatable bonds is 3. The van der Waals surface area contributed by atoms with Gasteiger partial charge in [0.1, 0.15) is 11.5 Å². The molecular weight excluding hydrogens is 496 g/mol.